The topological polar surface area (TPSA) is 90.1 Å². The Morgan fingerprint density at radius 1 is 1.37 bits per heavy atom. The van der Waals surface area contributed by atoms with Gasteiger partial charge in [0, 0.05) is 16.9 Å². The molecule has 0 aliphatic carbocycles. The van der Waals surface area contributed by atoms with E-state index in [0.717, 1.165) is 15.9 Å². The molecule has 0 radical (unpaired) electrons. The van der Waals surface area contributed by atoms with Crippen molar-refractivity contribution in [3.05, 3.63) is 35.0 Å². The Hall–Kier alpha value is -2.95. The number of carbonyl (C=O) groups is 1. The second-order valence-electron chi connectivity index (χ2n) is 5.76. The summed E-state index contributed by atoms with van der Waals surface area (Å²) in [6.45, 7) is -0.950. The number of hydrogen-bond donors (Lipinski definition) is 1. The molecule has 0 atom stereocenters. The van der Waals surface area contributed by atoms with Gasteiger partial charge in [-0.25, -0.2) is 19.4 Å². The Morgan fingerprint density at radius 3 is 2.93 bits per heavy atom. The van der Waals surface area contributed by atoms with Crippen molar-refractivity contribution in [1.29, 1.82) is 0 Å². The predicted octanol–water partition coefficient (Wildman–Crippen LogP) is 3.26. The lowest BCUT2D eigenvalue weighted by molar-refractivity contribution is -0.142. The van der Waals surface area contributed by atoms with Crippen LogP contribution in [0.2, 0.25) is 0 Å². The molecule has 1 N–H and O–H groups in total. The summed E-state index contributed by atoms with van der Waals surface area (Å²) in [4.78, 5) is 20.4. The molecular formula is C16H11F3N4O3S. The number of aromatic carboxylic acids is 1. The highest BCUT2D eigenvalue weighted by Crippen LogP contribution is 2.40. The number of ether oxygens (including phenoxy) is 1. The molecule has 140 valence electrons. The van der Waals surface area contributed by atoms with Crippen LogP contribution in [0.4, 0.5) is 13.2 Å². The maximum atomic E-state index is 12.7. The fourth-order valence-corrected chi connectivity index (χ4v) is 3.82. The van der Waals surface area contributed by atoms with Crippen LogP contribution in [-0.2, 0) is 13.0 Å². The van der Waals surface area contributed by atoms with E-state index in [1.54, 1.807) is 6.07 Å². The van der Waals surface area contributed by atoms with Crippen LogP contribution >= 0.6 is 11.3 Å². The molecule has 0 unspecified atom stereocenters. The van der Waals surface area contributed by atoms with Crippen molar-refractivity contribution in [3.63, 3.8) is 0 Å². The molecule has 11 heteroatoms. The quantitative estimate of drug-likeness (QED) is 0.731. The summed E-state index contributed by atoms with van der Waals surface area (Å²) in [5, 5.41) is 13.1. The molecule has 0 saturated heterocycles. The van der Waals surface area contributed by atoms with Gasteiger partial charge in [-0.15, -0.1) is 11.3 Å². The summed E-state index contributed by atoms with van der Waals surface area (Å²) in [5.74, 6) is -0.664. The van der Waals surface area contributed by atoms with Gasteiger partial charge in [0.05, 0.1) is 17.9 Å². The highest BCUT2D eigenvalue weighted by atomic mass is 32.1. The summed E-state index contributed by atoms with van der Waals surface area (Å²) >= 11 is 1.22. The molecule has 7 nitrogen and oxygen atoms in total. The van der Waals surface area contributed by atoms with Crippen LogP contribution < -0.4 is 4.74 Å². The molecule has 4 rings (SSSR count). The normalized spacial score (nSPS) is 13.4. The Labute approximate surface area is 154 Å². The van der Waals surface area contributed by atoms with Gasteiger partial charge < -0.3 is 9.84 Å². The molecule has 27 heavy (non-hydrogen) atoms. The van der Waals surface area contributed by atoms with E-state index in [9.17, 15) is 18.0 Å². The van der Waals surface area contributed by atoms with Crippen LogP contribution in [0.3, 0.4) is 0 Å². The first-order chi connectivity index (χ1) is 12.8. The SMILES string of the molecule is O=C(O)c1ccc2c(c1)OCCc1sc(-c3ncnn3CC(F)(F)F)nc1-2. The van der Waals surface area contributed by atoms with Crippen molar-refractivity contribution in [2.24, 2.45) is 0 Å². The van der Waals surface area contributed by atoms with Gasteiger partial charge in [-0.1, -0.05) is 0 Å². The average molecular weight is 396 g/mol. The van der Waals surface area contributed by atoms with Gasteiger partial charge in [0.25, 0.3) is 0 Å². The predicted molar refractivity (Wildman–Crippen MR) is 88.8 cm³/mol. The Morgan fingerprint density at radius 2 is 2.19 bits per heavy atom. The molecule has 1 aliphatic heterocycles. The monoisotopic (exact) mass is 396 g/mol. The van der Waals surface area contributed by atoms with E-state index in [1.807, 2.05) is 0 Å². The number of carboxylic acids is 1. The third kappa shape index (κ3) is 3.37. The van der Waals surface area contributed by atoms with Gasteiger partial charge >= 0.3 is 12.1 Å². The standard InChI is InChI=1S/C16H11F3N4O3S/c17-16(18,19)6-23-13(20-7-21-23)14-22-12-9-2-1-8(15(24)25)5-10(9)26-4-3-11(12)27-14/h1-2,5,7H,3-4,6H2,(H,24,25). The van der Waals surface area contributed by atoms with Gasteiger partial charge in [-0.05, 0) is 18.2 Å². The van der Waals surface area contributed by atoms with Crippen molar-refractivity contribution < 1.29 is 27.8 Å². The number of benzene rings is 1. The molecule has 3 aromatic rings. The van der Waals surface area contributed by atoms with Gasteiger partial charge in [0.1, 0.15) is 18.6 Å². The number of nitrogens with zero attached hydrogens (tertiary/aromatic N) is 4. The van der Waals surface area contributed by atoms with Crippen LogP contribution in [0.1, 0.15) is 15.2 Å². The summed E-state index contributed by atoms with van der Waals surface area (Å²) in [7, 11) is 0. The summed E-state index contributed by atoms with van der Waals surface area (Å²) in [5.41, 5.74) is 1.23. The number of thiazole rings is 1. The van der Waals surface area contributed by atoms with Crippen LogP contribution in [0.15, 0.2) is 24.5 Å². The van der Waals surface area contributed by atoms with E-state index >= 15 is 0 Å². The van der Waals surface area contributed by atoms with E-state index in [4.69, 9.17) is 9.84 Å². The zero-order valence-corrected chi connectivity index (χ0v) is 14.3. The molecule has 1 aliphatic rings. The van der Waals surface area contributed by atoms with Gasteiger partial charge in [0.15, 0.2) is 10.8 Å². The molecule has 0 saturated carbocycles. The third-order valence-electron chi connectivity index (χ3n) is 3.90. The highest BCUT2D eigenvalue weighted by Gasteiger charge is 2.31. The fraction of sp³-hybridized carbons (Fsp3) is 0.250. The lowest BCUT2D eigenvalue weighted by Gasteiger charge is -2.08. The molecular weight excluding hydrogens is 385 g/mol. The smallest absolute Gasteiger partial charge is 0.408 e. The van der Waals surface area contributed by atoms with E-state index in [2.05, 4.69) is 15.1 Å². The van der Waals surface area contributed by atoms with Crippen molar-refractivity contribution in [2.45, 2.75) is 19.1 Å². The van der Waals surface area contributed by atoms with Crippen LogP contribution in [-0.4, -0.2) is 43.6 Å². The number of carboxylic acid groups (broad SMARTS) is 1. The van der Waals surface area contributed by atoms with E-state index in [-0.39, 0.29) is 11.4 Å². The van der Waals surface area contributed by atoms with Gasteiger partial charge in [-0.3, -0.25) is 0 Å². The molecule has 0 amide bonds. The van der Waals surface area contributed by atoms with Crippen molar-refractivity contribution in [1.82, 2.24) is 19.7 Å². The summed E-state index contributed by atoms with van der Waals surface area (Å²) in [6, 6.07) is 4.44. The zero-order chi connectivity index (χ0) is 19.2. The van der Waals surface area contributed by atoms with Crippen LogP contribution in [0.5, 0.6) is 5.75 Å². The maximum Gasteiger partial charge on any atom is 0.408 e. The number of hydrogen-bond acceptors (Lipinski definition) is 6. The van der Waals surface area contributed by atoms with E-state index < -0.39 is 18.7 Å². The number of rotatable bonds is 3. The van der Waals surface area contributed by atoms with E-state index in [0.29, 0.717) is 35.0 Å². The highest BCUT2D eigenvalue weighted by molar-refractivity contribution is 7.15. The van der Waals surface area contributed by atoms with Gasteiger partial charge in [-0.2, -0.15) is 18.3 Å². The summed E-state index contributed by atoms with van der Waals surface area (Å²) in [6.07, 6.45) is -2.87. The molecule has 3 heterocycles. The minimum Gasteiger partial charge on any atom is -0.492 e. The first-order valence-corrected chi connectivity index (χ1v) is 8.58. The summed E-state index contributed by atoms with van der Waals surface area (Å²) < 4.78 is 44.6. The first kappa shape index (κ1) is 17.5. The first-order valence-electron chi connectivity index (χ1n) is 7.77. The van der Waals surface area contributed by atoms with Crippen molar-refractivity contribution in [2.75, 3.05) is 6.61 Å². The molecule has 0 fully saturated rings. The minimum absolute atomic E-state index is 0.0371. The molecule has 1 aromatic carbocycles. The Kier molecular flexibility index (Phi) is 4.10. The van der Waals surface area contributed by atoms with Crippen LogP contribution in [0, 0.1) is 0 Å². The Bertz CT molecular complexity index is 1030. The van der Waals surface area contributed by atoms with Gasteiger partial charge in [0.2, 0.25) is 0 Å². The molecule has 2 aromatic heterocycles. The zero-order valence-electron chi connectivity index (χ0n) is 13.5. The number of alkyl halides is 3. The second kappa shape index (κ2) is 6.34. The van der Waals surface area contributed by atoms with E-state index in [1.165, 1.54) is 23.5 Å². The second-order valence-corrected chi connectivity index (χ2v) is 6.85. The number of fused-ring (bicyclic) bond motifs is 3. The van der Waals surface area contributed by atoms with Crippen molar-refractivity contribution >= 4 is 17.3 Å². The third-order valence-corrected chi connectivity index (χ3v) is 5.01. The average Bonchev–Trinajstić information content (AvgIpc) is 3.16. The molecule has 0 spiro atoms. The minimum atomic E-state index is -4.43. The number of halogens is 3. The van der Waals surface area contributed by atoms with Crippen molar-refractivity contribution in [3.8, 4) is 27.8 Å². The molecule has 0 bridgehead atoms. The maximum absolute atomic E-state index is 12.7. The van der Waals surface area contributed by atoms with Crippen LogP contribution in [0.25, 0.3) is 22.1 Å². The number of aromatic nitrogens is 4. The largest absolute Gasteiger partial charge is 0.492 e. The Balaban J connectivity index is 1.77. The fourth-order valence-electron chi connectivity index (χ4n) is 2.77. The lowest BCUT2D eigenvalue weighted by atomic mass is 10.1. The lowest BCUT2D eigenvalue weighted by Crippen LogP contribution is -2.19.